The third kappa shape index (κ3) is 6.32. The molecule has 0 bridgehead atoms. The number of hydrogen-bond donors (Lipinski definition) is 2. The number of amides is 1. The van der Waals surface area contributed by atoms with Crippen LogP contribution in [0.4, 0.5) is 28.9 Å². The van der Waals surface area contributed by atoms with E-state index in [1.165, 1.54) is 12.3 Å². The molecule has 0 fully saturated rings. The SMILES string of the molecule is CCCNC(=O)c1cc(Oc2ccc3c(c2)N=C(Nc2cc(C(F)(F)F)ccc2F)C(C)=CC3)ccn1. The Hall–Kier alpha value is -4.21. The number of hydrogen-bond acceptors (Lipinski definition) is 5. The van der Waals surface area contributed by atoms with E-state index in [2.05, 4.69) is 20.6 Å². The number of allylic oxidation sites excluding steroid dienone is 1. The first-order valence-electron chi connectivity index (χ1n) is 11.6. The molecule has 10 heteroatoms. The number of carbonyl (C=O) groups is 1. The Kier molecular flexibility index (Phi) is 7.56. The number of ether oxygens (including phenoxy) is 1. The highest BCUT2D eigenvalue weighted by molar-refractivity contribution is 6.09. The molecule has 0 saturated carbocycles. The average Bonchev–Trinajstić information content (AvgIpc) is 3.01. The first-order chi connectivity index (χ1) is 17.6. The van der Waals surface area contributed by atoms with Crippen molar-refractivity contribution in [2.45, 2.75) is 32.9 Å². The smallest absolute Gasteiger partial charge is 0.416 e. The van der Waals surface area contributed by atoms with Crippen molar-refractivity contribution in [1.82, 2.24) is 10.3 Å². The Balaban J connectivity index is 1.60. The van der Waals surface area contributed by atoms with E-state index in [1.807, 2.05) is 19.1 Å². The summed E-state index contributed by atoms with van der Waals surface area (Å²) in [5.74, 6) is -0.0991. The van der Waals surface area contributed by atoms with Crippen LogP contribution < -0.4 is 15.4 Å². The minimum absolute atomic E-state index is 0.216. The van der Waals surface area contributed by atoms with Gasteiger partial charge < -0.3 is 15.4 Å². The number of aliphatic imine (C=N–C) groups is 1. The predicted octanol–water partition coefficient (Wildman–Crippen LogP) is 6.82. The molecule has 1 aliphatic rings. The van der Waals surface area contributed by atoms with Crippen molar-refractivity contribution in [2.24, 2.45) is 4.99 Å². The highest BCUT2D eigenvalue weighted by Gasteiger charge is 2.31. The summed E-state index contributed by atoms with van der Waals surface area (Å²) in [5.41, 5.74) is 0.921. The third-order valence-electron chi connectivity index (χ3n) is 5.57. The van der Waals surface area contributed by atoms with E-state index < -0.39 is 17.6 Å². The van der Waals surface area contributed by atoms with Crippen molar-refractivity contribution in [2.75, 3.05) is 11.9 Å². The second-order valence-corrected chi connectivity index (χ2v) is 8.39. The lowest BCUT2D eigenvalue weighted by Crippen LogP contribution is -2.24. The Morgan fingerprint density at radius 1 is 1.08 bits per heavy atom. The Bertz CT molecular complexity index is 1380. The standard InChI is InChI=1S/C27H24F4N4O2/c1-3-11-33-26(36)24-15-20(10-12-32-24)37-19-8-6-17-5-4-16(2)25(34-22(17)14-19)35-23-13-18(27(29,30)31)7-9-21(23)28/h4,6-10,12-15H,3,5,11H2,1-2H3,(H,33,36)(H,34,35). The number of alkyl halides is 3. The topological polar surface area (TPSA) is 75.6 Å². The van der Waals surface area contributed by atoms with Gasteiger partial charge in [-0.25, -0.2) is 9.38 Å². The number of pyridine rings is 1. The quantitative estimate of drug-likeness (QED) is 0.356. The molecular formula is C27H24F4N4O2. The number of rotatable bonds is 6. The maximum absolute atomic E-state index is 14.3. The van der Waals surface area contributed by atoms with Gasteiger partial charge in [-0.15, -0.1) is 0 Å². The van der Waals surface area contributed by atoms with Crippen LogP contribution in [0, 0.1) is 5.82 Å². The molecular weight excluding hydrogens is 488 g/mol. The van der Waals surface area contributed by atoms with Gasteiger partial charge in [0.2, 0.25) is 0 Å². The van der Waals surface area contributed by atoms with Gasteiger partial charge in [0.1, 0.15) is 28.8 Å². The minimum Gasteiger partial charge on any atom is -0.457 e. The van der Waals surface area contributed by atoms with Crippen LogP contribution in [-0.4, -0.2) is 23.3 Å². The van der Waals surface area contributed by atoms with Crippen molar-refractivity contribution in [3.05, 3.63) is 89.0 Å². The van der Waals surface area contributed by atoms with E-state index in [0.29, 0.717) is 47.9 Å². The zero-order valence-corrected chi connectivity index (χ0v) is 20.1. The maximum atomic E-state index is 14.3. The number of nitrogens with zero attached hydrogens (tertiary/aromatic N) is 2. The van der Waals surface area contributed by atoms with Gasteiger partial charge in [-0.05, 0) is 61.2 Å². The number of benzene rings is 2. The summed E-state index contributed by atoms with van der Waals surface area (Å²) in [6, 6.07) is 10.6. The molecule has 0 atom stereocenters. The van der Waals surface area contributed by atoms with Crippen LogP contribution >= 0.6 is 0 Å². The molecule has 0 aliphatic carbocycles. The van der Waals surface area contributed by atoms with Crippen LogP contribution in [0.5, 0.6) is 11.5 Å². The fourth-order valence-corrected chi connectivity index (χ4v) is 3.57. The second-order valence-electron chi connectivity index (χ2n) is 8.39. The van der Waals surface area contributed by atoms with E-state index in [0.717, 1.165) is 18.1 Å². The van der Waals surface area contributed by atoms with Gasteiger partial charge >= 0.3 is 6.18 Å². The normalized spacial score (nSPS) is 13.1. The van der Waals surface area contributed by atoms with Crippen LogP contribution in [0.3, 0.4) is 0 Å². The molecule has 1 amide bonds. The highest BCUT2D eigenvalue weighted by Crippen LogP contribution is 2.34. The van der Waals surface area contributed by atoms with Crippen LogP contribution in [0.2, 0.25) is 0 Å². The number of nitrogens with one attached hydrogen (secondary N) is 2. The molecule has 4 rings (SSSR count). The number of carbonyl (C=O) groups excluding carboxylic acids is 1. The molecule has 0 saturated heterocycles. The monoisotopic (exact) mass is 512 g/mol. The molecule has 192 valence electrons. The van der Waals surface area contributed by atoms with E-state index in [1.54, 1.807) is 25.1 Å². The lowest BCUT2D eigenvalue weighted by atomic mass is 10.1. The number of anilines is 1. The molecule has 2 N–H and O–H groups in total. The molecule has 37 heavy (non-hydrogen) atoms. The van der Waals surface area contributed by atoms with Gasteiger partial charge in [0, 0.05) is 24.9 Å². The van der Waals surface area contributed by atoms with Gasteiger partial charge in [-0.1, -0.05) is 19.1 Å². The zero-order chi connectivity index (χ0) is 26.6. The molecule has 1 aliphatic heterocycles. The Labute approximate surface area is 211 Å². The van der Waals surface area contributed by atoms with Gasteiger partial charge in [0.15, 0.2) is 0 Å². The van der Waals surface area contributed by atoms with Crippen molar-refractivity contribution in [3.8, 4) is 11.5 Å². The Morgan fingerprint density at radius 2 is 1.86 bits per heavy atom. The number of halogens is 4. The summed E-state index contributed by atoms with van der Waals surface area (Å²) in [4.78, 5) is 20.8. The summed E-state index contributed by atoms with van der Waals surface area (Å²) in [6.07, 6.45) is 0.0223. The van der Waals surface area contributed by atoms with Crippen LogP contribution in [-0.2, 0) is 12.6 Å². The highest BCUT2D eigenvalue weighted by atomic mass is 19.4. The first kappa shape index (κ1) is 25.9. The van der Waals surface area contributed by atoms with E-state index in [-0.39, 0.29) is 23.1 Å². The third-order valence-corrected chi connectivity index (χ3v) is 5.57. The fraction of sp³-hybridized carbons (Fsp3) is 0.222. The summed E-state index contributed by atoms with van der Waals surface area (Å²) in [5, 5.41) is 5.47. The van der Waals surface area contributed by atoms with Crippen molar-refractivity contribution >= 4 is 23.1 Å². The van der Waals surface area contributed by atoms with Crippen molar-refractivity contribution in [3.63, 3.8) is 0 Å². The van der Waals surface area contributed by atoms with Crippen LogP contribution in [0.1, 0.15) is 41.9 Å². The summed E-state index contributed by atoms with van der Waals surface area (Å²) in [7, 11) is 0. The fourth-order valence-electron chi connectivity index (χ4n) is 3.57. The predicted molar refractivity (Wildman–Crippen MR) is 133 cm³/mol. The van der Waals surface area contributed by atoms with Crippen LogP contribution in [0.25, 0.3) is 0 Å². The van der Waals surface area contributed by atoms with Crippen molar-refractivity contribution in [1.29, 1.82) is 0 Å². The minimum atomic E-state index is -4.61. The van der Waals surface area contributed by atoms with Gasteiger partial charge in [0.05, 0.1) is 16.9 Å². The molecule has 0 unspecified atom stereocenters. The van der Waals surface area contributed by atoms with Crippen molar-refractivity contribution < 1.29 is 27.1 Å². The van der Waals surface area contributed by atoms with Crippen LogP contribution in [0.15, 0.2) is 71.4 Å². The lowest BCUT2D eigenvalue weighted by Gasteiger charge is -2.14. The average molecular weight is 513 g/mol. The maximum Gasteiger partial charge on any atom is 0.416 e. The van der Waals surface area contributed by atoms with Gasteiger partial charge in [-0.2, -0.15) is 13.2 Å². The number of aromatic nitrogens is 1. The molecule has 0 radical (unpaired) electrons. The van der Waals surface area contributed by atoms with E-state index >= 15 is 0 Å². The Morgan fingerprint density at radius 3 is 2.62 bits per heavy atom. The molecule has 3 aromatic rings. The largest absolute Gasteiger partial charge is 0.457 e. The summed E-state index contributed by atoms with van der Waals surface area (Å²) >= 11 is 0. The van der Waals surface area contributed by atoms with Gasteiger partial charge in [-0.3, -0.25) is 9.78 Å². The number of amidine groups is 1. The van der Waals surface area contributed by atoms with E-state index in [4.69, 9.17) is 4.74 Å². The molecule has 2 heterocycles. The molecule has 6 nitrogen and oxygen atoms in total. The number of fused-ring (bicyclic) bond motifs is 1. The van der Waals surface area contributed by atoms with E-state index in [9.17, 15) is 22.4 Å². The summed E-state index contributed by atoms with van der Waals surface area (Å²) in [6.45, 7) is 4.22. The molecule has 2 aromatic carbocycles. The second kappa shape index (κ2) is 10.8. The zero-order valence-electron chi connectivity index (χ0n) is 20.1. The van der Waals surface area contributed by atoms with Gasteiger partial charge in [0.25, 0.3) is 5.91 Å². The summed E-state index contributed by atoms with van der Waals surface area (Å²) < 4.78 is 59.7. The lowest BCUT2D eigenvalue weighted by molar-refractivity contribution is -0.137. The molecule has 1 aromatic heterocycles. The molecule has 0 spiro atoms. The first-order valence-corrected chi connectivity index (χ1v) is 11.6.